The summed E-state index contributed by atoms with van der Waals surface area (Å²) in [6, 6.07) is 8.20. The molecular formula is C14H11NO. The van der Waals surface area contributed by atoms with Gasteiger partial charge in [0, 0.05) is 5.57 Å². The number of carbonyl (C=O) groups excluding carboxylic acids is 1. The summed E-state index contributed by atoms with van der Waals surface area (Å²) in [4.78, 5) is 11.1. The van der Waals surface area contributed by atoms with Crippen molar-refractivity contribution in [1.29, 1.82) is 0 Å². The molecule has 1 amide bonds. The Morgan fingerprint density at radius 1 is 1.19 bits per heavy atom. The van der Waals surface area contributed by atoms with Gasteiger partial charge >= 0.3 is 0 Å². The molecule has 3 rings (SSSR count). The second kappa shape index (κ2) is 3.20. The van der Waals surface area contributed by atoms with Gasteiger partial charge in [0.25, 0.3) is 0 Å². The molecule has 0 aliphatic heterocycles. The van der Waals surface area contributed by atoms with E-state index in [0.29, 0.717) is 5.57 Å². The van der Waals surface area contributed by atoms with Crippen molar-refractivity contribution in [3.63, 3.8) is 0 Å². The molecule has 0 heterocycles. The van der Waals surface area contributed by atoms with E-state index in [9.17, 15) is 4.79 Å². The average molecular weight is 209 g/mol. The molecule has 0 saturated carbocycles. The fraction of sp³-hybridized carbons (Fsp3) is 0.0714. The van der Waals surface area contributed by atoms with Gasteiger partial charge in [-0.1, -0.05) is 36.4 Å². The SMILES string of the molecule is NC(=O)C1=CCC2=Cc3ccccc3C2=C1. The van der Waals surface area contributed by atoms with E-state index in [1.54, 1.807) is 0 Å². The van der Waals surface area contributed by atoms with Gasteiger partial charge in [0.2, 0.25) is 5.91 Å². The Hall–Kier alpha value is -2.09. The van der Waals surface area contributed by atoms with Crippen molar-refractivity contribution >= 4 is 17.6 Å². The monoisotopic (exact) mass is 209 g/mol. The van der Waals surface area contributed by atoms with E-state index in [0.717, 1.165) is 12.0 Å². The highest BCUT2D eigenvalue weighted by atomic mass is 16.1. The van der Waals surface area contributed by atoms with Crippen LogP contribution >= 0.6 is 0 Å². The molecule has 2 heteroatoms. The molecule has 0 saturated heterocycles. The van der Waals surface area contributed by atoms with E-state index >= 15 is 0 Å². The van der Waals surface area contributed by atoms with Gasteiger partial charge < -0.3 is 5.73 Å². The standard InChI is InChI=1S/C14H11NO/c15-14(16)11-6-5-10-7-9-3-1-2-4-12(9)13(10)8-11/h1-4,6-8H,5H2,(H2,15,16). The van der Waals surface area contributed by atoms with Crippen LogP contribution in [0.4, 0.5) is 0 Å². The number of carbonyl (C=O) groups is 1. The van der Waals surface area contributed by atoms with E-state index in [2.05, 4.69) is 18.2 Å². The first-order valence-electron chi connectivity index (χ1n) is 5.28. The highest BCUT2D eigenvalue weighted by molar-refractivity contribution is 6.04. The van der Waals surface area contributed by atoms with Crippen LogP contribution in [0.1, 0.15) is 17.5 Å². The summed E-state index contributed by atoms with van der Waals surface area (Å²) < 4.78 is 0. The smallest absolute Gasteiger partial charge is 0.248 e. The summed E-state index contributed by atoms with van der Waals surface area (Å²) in [6.07, 6.45) is 6.75. The summed E-state index contributed by atoms with van der Waals surface area (Å²) in [6.45, 7) is 0. The molecule has 2 nitrogen and oxygen atoms in total. The first-order valence-corrected chi connectivity index (χ1v) is 5.28. The van der Waals surface area contributed by atoms with E-state index in [-0.39, 0.29) is 5.91 Å². The van der Waals surface area contributed by atoms with E-state index < -0.39 is 0 Å². The number of nitrogens with two attached hydrogens (primary N) is 1. The molecular weight excluding hydrogens is 198 g/mol. The molecule has 2 N–H and O–H groups in total. The highest BCUT2D eigenvalue weighted by Crippen LogP contribution is 2.40. The first kappa shape index (κ1) is 9.16. The van der Waals surface area contributed by atoms with Crippen molar-refractivity contribution in [2.75, 3.05) is 0 Å². The highest BCUT2D eigenvalue weighted by Gasteiger charge is 2.21. The van der Waals surface area contributed by atoms with E-state index in [1.807, 2.05) is 24.3 Å². The third kappa shape index (κ3) is 1.23. The van der Waals surface area contributed by atoms with Crippen molar-refractivity contribution in [2.45, 2.75) is 6.42 Å². The largest absolute Gasteiger partial charge is 0.366 e. The number of amides is 1. The van der Waals surface area contributed by atoms with Crippen molar-refractivity contribution in [3.05, 3.63) is 58.7 Å². The normalized spacial score (nSPS) is 16.9. The molecule has 1 aromatic carbocycles. The molecule has 0 bridgehead atoms. The van der Waals surface area contributed by atoms with Gasteiger partial charge in [0.15, 0.2) is 0 Å². The summed E-state index contributed by atoms with van der Waals surface area (Å²) >= 11 is 0. The summed E-state index contributed by atoms with van der Waals surface area (Å²) in [5.74, 6) is -0.351. The van der Waals surface area contributed by atoms with Crippen molar-refractivity contribution in [3.8, 4) is 0 Å². The van der Waals surface area contributed by atoms with Crippen LogP contribution in [0.25, 0.3) is 11.6 Å². The maximum Gasteiger partial charge on any atom is 0.248 e. The van der Waals surface area contributed by atoms with Crippen molar-refractivity contribution < 1.29 is 4.79 Å². The van der Waals surface area contributed by atoms with Gasteiger partial charge in [0.1, 0.15) is 0 Å². The van der Waals surface area contributed by atoms with Crippen molar-refractivity contribution in [2.24, 2.45) is 5.73 Å². The number of hydrogen-bond donors (Lipinski definition) is 1. The molecule has 0 aromatic heterocycles. The van der Waals surface area contributed by atoms with Gasteiger partial charge in [0.05, 0.1) is 0 Å². The number of primary amides is 1. The lowest BCUT2D eigenvalue weighted by atomic mass is 9.93. The van der Waals surface area contributed by atoms with Crippen LogP contribution in [-0.2, 0) is 4.79 Å². The predicted octanol–water partition coefficient (Wildman–Crippen LogP) is 2.28. The van der Waals surface area contributed by atoms with Crippen LogP contribution in [-0.4, -0.2) is 5.91 Å². The Morgan fingerprint density at radius 3 is 2.81 bits per heavy atom. The fourth-order valence-corrected chi connectivity index (χ4v) is 2.25. The Labute approximate surface area is 93.8 Å². The third-order valence-corrected chi connectivity index (χ3v) is 3.05. The molecule has 0 atom stereocenters. The van der Waals surface area contributed by atoms with Gasteiger partial charge in [-0.05, 0) is 34.8 Å². The quantitative estimate of drug-likeness (QED) is 0.757. The van der Waals surface area contributed by atoms with Crippen molar-refractivity contribution in [1.82, 2.24) is 0 Å². The van der Waals surface area contributed by atoms with Crippen LogP contribution in [0.2, 0.25) is 0 Å². The van der Waals surface area contributed by atoms with Gasteiger partial charge in [-0.15, -0.1) is 0 Å². The number of fused-ring (bicyclic) bond motifs is 3. The maximum atomic E-state index is 11.1. The molecule has 16 heavy (non-hydrogen) atoms. The topological polar surface area (TPSA) is 43.1 Å². The van der Waals surface area contributed by atoms with Crippen LogP contribution in [0, 0.1) is 0 Å². The molecule has 0 fully saturated rings. The fourth-order valence-electron chi connectivity index (χ4n) is 2.25. The predicted molar refractivity (Wildman–Crippen MR) is 64.3 cm³/mol. The Kier molecular flexibility index (Phi) is 1.83. The summed E-state index contributed by atoms with van der Waals surface area (Å²) in [5.41, 5.74) is 10.8. The van der Waals surface area contributed by atoms with Gasteiger partial charge in [-0.2, -0.15) is 0 Å². The summed E-state index contributed by atoms with van der Waals surface area (Å²) in [7, 11) is 0. The Bertz CT molecular complexity index is 576. The number of benzene rings is 1. The lowest BCUT2D eigenvalue weighted by molar-refractivity contribution is -0.114. The third-order valence-electron chi connectivity index (χ3n) is 3.05. The van der Waals surface area contributed by atoms with Crippen LogP contribution < -0.4 is 5.73 Å². The second-order valence-electron chi connectivity index (χ2n) is 4.04. The van der Waals surface area contributed by atoms with E-state index in [1.165, 1.54) is 16.7 Å². The minimum absolute atomic E-state index is 0.351. The Balaban J connectivity index is 2.14. The minimum Gasteiger partial charge on any atom is -0.366 e. The average Bonchev–Trinajstić information content (AvgIpc) is 2.66. The van der Waals surface area contributed by atoms with Crippen LogP contribution in [0.15, 0.2) is 47.6 Å². The number of allylic oxidation sites excluding steroid dienone is 3. The molecule has 0 unspecified atom stereocenters. The molecule has 1 aromatic rings. The van der Waals surface area contributed by atoms with Gasteiger partial charge in [-0.25, -0.2) is 0 Å². The molecule has 0 radical (unpaired) electrons. The van der Waals surface area contributed by atoms with Crippen LogP contribution in [0.3, 0.4) is 0 Å². The zero-order valence-corrected chi connectivity index (χ0v) is 8.73. The Morgan fingerprint density at radius 2 is 2.00 bits per heavy atom. The number of rotatable bonds is 1. The van der Waals surface area contributed by atoms with Gasteiger partial charge in [-0.3, -0.25) is 4.79 Å². The zero-order chi connectivity index (χ0) is 11.1. The number of hydrogen-bond acceptors (Lipinski definition) is 1. The first-order chi connectivity index (χ1) is 7.75. The lowest BCUT2D eigenvalue weighted by Gasteiger charge is -2.11. The minimum atomic E-state index is -0.351. The summed E-state index contributed by atoms with van der Waals surface area (Å²) in [5, 5.41) is 0. The molecule has 0 spiro atoms. The second-order valence-corrected chi connectivity index (χ2v) is 4.04. The lowest BCUT2D eigenvalue weighted by Crippen LogP contribution is -2.14. The maximum absolute atomic E-state index is 11.1. The van der Waals surface area contributed by atoms with Crippen LogP contribution in [0.5, 0.6) is 0 Å². The zero-order valence-electron chi connectivity index (χ0n) is 8.73. The van der Waals surface area contributed by atoms with E-state index in [4.69, 9.17) is 5.73 Å². The molecule has 2 aliphatic carbocycles. The molecule has 2 aliphatic rings. The molecule has 78 valence electrons.